The normalized spacial score (nSPS) is 26.3. The van der Waals surface area contributed by atoms with E-state index in [9.17, 15) is 0 Å². The first kappa shape index (κ1) is 14.6. The maximum atomic E-state index is 6.18. The minimum atomic E-state index is 0.266. The van der Waals surface area contributed by atoms with Crippen LogP contribution in [0, 0.1) is 11.3 Å². The van der Waals surface area contributed by atoms with Gasteiger partial charge in [0.05, 0.1) is 11.2 Å². The molecule has 0 unspecified atom stereocenters. The van der Waals surface area contributed by atoms with E-state index in [0.717, 1.165) is 25.4 Å². The average Bonchev–Trinajstić information content (AvgIpc) is 2.88. The summed E-state index contributed by atoms with van der Waals surface area (Å²) in [7, 11) is 0. The van der Waals surface area contributed by atoms with Gasteiger partial charge in [-0.25, -0.2) is 0 Å². The first-order valence-electron chi connectivity index (χ1n) is 8.32. The number of benzene rings is 1. The van der Waals surface area contributed by atoms with E-state index in [2.05, 4.69) is 42.8 Å². The summed E-state index contributed by atoms with van der Waals surface area (Å²) in [5.41, 5.74) is 8.95. The second-order valence-electron chi connectivity index (χ2n) is 6.84. The Morgan fingerprint density at radius 3 is 2.67 bits per heavy atom. The Bertz CT molecular complexity index is 606. The van der Waals surface area contributed by atoms with Gasteiger partial charge in [-0.15, -0.1) is 0 Å². The zero-order valence-corrected chi connectivity index (χ0v) is 13.3. The molecule has 0 bridgehead atoms. The molecule has 1 aromatic heterocycles. The largest absolute Gasteiger partial charge is 0.330 e. The molecule has 2 aromatic rings. The number of nitrogens with zero attached hydrogens (tertiary/aromatic N) is 2. The molecule has 0 atom stereocenters. The van der Waals surface area contributed by atoms with Crippen molar-refractivity contribution >= 4 is 10.9 Å². The highest BCUT2D eigenvalue weighted by Gasteiger charge is 2.34. The van der Waals surface area contributed by atoms with Gasteiger partial charge in [0.2, 0.25) is 0 Å². The summed E-state index contributed by atoms with van der Waals surface area (Å²) in [6, 6.07) is 8.60. The molecule has 114 valence electrons. The standard InChI is InChI=1S/C18H27N3/c1-3-21-17-7-5-4-6-15(17)16(20-21)12-18(13-19)10-8-14(2)9-11-18/h4-7,14H,3,8-13,19H2,1-2H3. The molecule has 21 heavy (non-hydrogen) atoms. The minimum Gasteiger partial charge on any atom is -0.330 e. The number of aryl methyl sites for hydroxylation is 1. The van der Waals surface area contributed by atoms with Crippen molar-refractivity contribution in [3.8, 4) is 0 Å². The van der Waals surface area contributed by atoms with E-state index in [-0.39, 0.29) is 5.41 Å². The second-order valence-corrected chi connectivity index (χ2v) is 6.84. The molecule has 1 heterocycles. The van der Waals surface area contributed by atoms with Crippen molar-refractivity contribution in [1.29, 1.82) is 0 Å². The number of nitrogens with two attached hydrogens (primary N) is 1. The highest BCUT2D eigenvalue weighted by atomic mass is 15.3. The van der Waals surface area contributed by atoms with Crippen molar-refractivity contribution < 1.29 is 0 Å². The van der Waals surface area contributed by atoms with Crippen LogP contribution < -0.4 is 5.73 Å². The van der Waals surface area contributed by atoms with Gasteiger partial charge in [0.25, 0.3) is 0 Å². The Kier molecular flexibility index (Phi) is 4.03. The number of aromatic nitrogens is 2. The van der Waals surface area contributed by atoms with Crippen LogP contribution in [0.4, 0.5) is 0 Å². The molecular formula is C18H27N3. The maximum absolute atomic E-state index is 6.18. The lowest BCUT2D eigenvalue weighted by atomic mass is 9.68. The monoisotopic (exact) mass is 285 g/mol. The van der Waals surface area contributed by atoms with Crippen LogP contribution in [0.25, 0.3) is 10.9 Å². The molecule has 0 amide bonds. The second kappa shape index (κ2) is 5.80. The molecule has 0 radical (unpaired) electrons. The van der Waals surface area contributed by atoms with Crippen LogP contribution in [-0.2, 0) is 13.0 Å². The van der Waals surface area contributed by atoms with E-state index in [1.165, 1.54) is 42.3 Å². The van der Waals surface area contributed by atoms with Crippen LogP contribution >= 0.6 is 0 Å². The molecule has 1 fully saturated rings. The Hall–Kier alpha value is -1.35. The summed E-state index contributed by atoms with van der Waals surface area (Å²) in [5.74, 6) is 0.856. The summed E-state index contributed by atoms with van der Waals surface area (Å²) in [4.78, 5) is 0. The van der Waals surface area contributed by atoms with E-state index >= 15 is 0 Å². The SMILES string of the molecule is CCn1nc(CC2(CN)CCC(C)CC2)c2ccccc21. The van der Waals surface area contributed by atoms with Gasteiger partial charge in [0.15, 0.2) is 0 Å². The van der Waals surface area contributed by atoms with Gasteiger partial charge < -0.3 is 5.73 Å². The van der Waals surface area contributed by atoms with E-state index in [0.29, 0.717) is 0 Å². The Labute approximate surface area is 127 Å². The van der Waals surface area contributed by atoms with Crippen molar-refractivity contribution in [2.45, 2.75) is 52.5 Å². The van der Waals surface area contributed by atoms with Crippen molar-refractivity contribution in [1.82, 2.24) is 9.78 Å². The number of hydrogen-bond donors (Lipinski definition) is 1. The van der Waals surface area contributed by atoms with E-state index in [1.54, 1.807) is 0 Å². The van der Waals surface area contributed by atoms with Gasteiger partial charge in [0, 0.05) is 11.9 Å². The van der Waals surface area contributed by atoms with Crippen LogP contribution in [0.3, 0.4) is 0 Å². The summed E-state index contributed by atoms with van der Waals surface area (Å²) < 4.78 is 2.13. The third-order valence-electron chi connectivity index (χ3n) is 5.34. The molecule has 3 heteroatoms. The van der Waals surface area contributed by atoms with Gasteiger partial charge in [-0.2, -0.15) is 5.10 Å². The van der Waals surface area contributed by atoms with E-state index in [1.807, 2.05) is 0 Å². The number of hydrogen-bond acceptors (Lipinski definition) is 2. The Morgan fingerprint density at radius 1 is 1.29 bits per heavy atom. The molecule has 1 saturated carbocycles. The van der Waals surface area contributed by atoms with Gasteiger partial charge in [0.1, 0.15) is 0 Å². The average molecular weight is 285 g/mol. The quantitative estimate of drug-likeness (QED) is 0.929. The predicted octanol–water partition coefficient (Wildman–Crippen LogP) is 3.75. The molecule has 0 aliphatic heterocycles. The maximum Gasteiger partial charge on any atom is 0.0709 e. The van der Waals surface area contributed by atoms with Gasteiger partial charge >= 0.3 is 0 Å². The van der Waals surface area contributed by atoms with E-state index in [4.69, 9.17) is 10.8 Å². The van der Waals surface area contributed by atoms with Crippen LogP contribution in [-0.4, -0.2) is 16.3 Å². The van der Waals surface area contributed by atoms with Crippen molar-refractivity contribution in [2.24, 2.45) is 17.1 Å². The smallest absolute Gasteiger partial charge is 0.0709 e. The molecule has 3 nitrogen and oxygen atoms in total. The topological polar surface area (TPSA) is 43.8 Å². The zero-order valence-electron chi connectivity index (χ0n) is 13.3. The predicted molar refractivity (Wildman–Crippen MR) is 88.2 cm³/mol. The first-order chi connectivity index (χ1) is 10.2. The lowest BCUT2D eigenvalue weighted by molar-refractivity contribution is 0.162. The third-order valence-corrected chi connectivity index (χ3v) is 5.34. The lowest BCUT2D eigenvalue weighted by Crippen LogP contribution is -2.36. The first-order valence-corrected chi connectivity index (χ1v) is 8.32. The van der Waals surface area contributed by atoms with Crippen molar-refractivity contribution in [3.05, 3.63) is 30.0 Å². The molecular weight excluding hydrogens is 258 g/mol. The zero-order chi connectivity index (χ0) is 14.9. The Balaban J connectivity index is 1.93. The van der Waals surface area contributed by atoms with Crippen LogP contribution in [0.5, 0.6) is 0 Å². The summed E-state index contributed by atoms with van der Waals surface area (Å²) in [5, 5.41) is 6.19. The third kappa shape index (κ3) is 2.71. The molecule has 0 saturated heterocycles. The highest BCUT2D eigenvalue weighted by Crippen LogP contribution is 2.41. The molecule has 1 aliphatic carbocycles. The summed E-state index contributed by atoms with van der Waals surface area (Å²) in [6.07, 6.45) is 6.15. The molecule has 0 spiro atoms. The molecule has 3 rings (SSSR count). The molecule has 1 aliphatic rings. The Morgan fingerprint density at radius 2 is 2.00 bits per heavy atom. The minimum absolute atomic E-state index is 0.266. The summed E-state index contributed by atoms with van der Waals surface area (Å²) >= 11 is 0. The fourth-order valence-electron chi connectivity index (χ4n) is 3.75. The lowest BCUT2D eigenvalue weighted by Gasteiger charge is -2.38. The van der Waals surface area contributed by atoms with E-state index < -0.39 is 0 Å². The van der Waals surface area contributed by atoms with Gasteiger partial charge in [-0.05, 0) is 50.1 Å². The number of rotatable bonds is 4. The molecule has 2 N–H and O–H groups in total. The number of fused-ring (bicyclic) bond motifs is 1. The van der Waals surface area contributed by atoms with Crippen LogP contribution in [0.1, 0.15) is 45.2 Å². The summed E-state index contributed by atoms with van der Waals surface area (Å²) in [6.45, 7) is 6.23. The molecule has 1 aromatic carbocycles. The number of para-hydroxylation sites is 1. The van der Waals surface area contributed by atoms with Gasteiger partial charge in [-0.1, -0.05) is 38.0 Å². The van der Waals surface area contributed by atoms with Crippen LogP contribution in [0.2, 0.25) is 0 Å². The van der Waals surface area contributed by atoms with Crippen molar-refractivity contribution in [2.75, 3.05) is 6.54 Å². The highest BCUT2D eigenvalue weighted by molar-refractivity contribution is 5.82. The fourth-order valence-corrected chi connectivity index (χ4v) is 3.75. The van der Waals surface area contributed by atoms with Crippen LogP contribution in [0.15, 0.2) is 24.3 Å². The van der Waals surface area contributed by atoms with Gasteiger partial charge in [-0.3, -0.25) is 4.68 Å². The fraction of sp³-hybridized carbons (Fsp3) is 0.611. The van der Waals surface area contributed by atoms with Crippen molar-refractivity contribution in [3.63, 3.8) is 0 Å².